The van der Waals surface area contributed by atoms with Crippen LogP contribution in [0.3, 0.4) is 0 Å². The van der Waals surface area contributed by atoms with Crippen molar-refractivity contribution in [1.29, 1.82) is 0 Å². The smallest absolute Gasteiger partial charge is 0.192 e. The Balaban J connectivity index is 1.72. The Morgan fingerprint density at radius 2 is 1.77 bits per heavy atom. The fourth-order valence-electron chi connectivity index (χ4n) is 2.87. The molecule has 0 fully saturated rings. The van der Waals surface area contributed by atoms with E-state index < -0.39 is 0 Å². The average Bonchev–Trinajstić information content (AvgIpc) is 3.11. The molecule has 0 saturated carbocycles. The van der Waals surface area contributed by atoms with Crippen LogP contribution < -0.4 is 20.1 Å². The van der Waals surface area contributed by atoms with Gasteiger partial charge < -0.3 is 24.7 Å². The highest BCUT2D eigenvalue weighted by Gasteiger charge is 2.09. The molecule has 0 unspecified atom stereocenters. The molecule has 1 heterocycles. The number of hydrogen-bond acceptors (Lipinski definition) is 5. The predicted octanol–water partition coefficient (Wildman–Crippen LogP) is 2.58. The Kier molecular flexibility index (Phi) is 7.26. The monoisotopic (exact) mass is 408 g/mol. The van der Waals surface area contributed by atoms with Crippen LogP contribution in [0, 0.1) is 6.92 Å². The number of nitrogens with one attached hydrogen (secondary N) is 2. The van der Waals surface area contributed by atoms with Crippen LogP contribution in [0.5, 0.6) is 11.5 Å². The number of nitrogens with zero attached hydrogens (tertiary/aromatic N) is 4. The quantitative estimate of drug-likeness (QED) is 0.440. The molecule has 0 aliphatic carbocycles. The van der Waals surface area contributed by atoms with E-state index in [0.29, 0.717) is 25.6 Å². The Labute approximate surface area is 177 Å². The van der Waals surface area contributed by atoms with Gasteiger partial charge in [0.25, 0.3) is 0 Å². The van der Waals surface area contributed by atoms with E-state index in [4.69, 9.17) is 14.5 Å². The zero-order valence-corrected chi connectivity index (χ0v) is 17.8. The summed E-state index contributed by atoms with van der Waals surface area (Å²) in [5, 5.41) is 15.0. The van der Waals surface area contributed by atoms with Gasteiger partial charge in [0.15, 0.2) is 11.8 Å². The highest BCUT2D eigenvalue weighted by molar-refractivity contribution is 5.79. The molecule has 1 aromatic heterocycles. The molecule has 0 atom stereocenters. The summed E-state index contributed by atoms with van der Waals surface area (Å²) in [6, 6.07) is 15.9. The molecule has 0 bridgehead atoms. The van der Waals surface area contributed by atoms with Crippen molar-refractivity contribution >= 4 is 5.96 Å². The number of aliphatic imine (C=N–C) groups is 1. The second-order valence-corrected chi connectivity index (χ2v) is 6.76. The lowest BCUT2D eigenvalue weighted by molar-refractivity contribution is 0.390. The number of benzene rings is 2. The standard InChI is InChI=1S/C22H28N6O2/c1-16-26-27-21(28(16)2)15-25-22(23-13-17-8-6-5-7-9-17)24-14-18-10-11-19(29-3)12-20(18)30-4/h5-12H,13-15H2,1-4H3,(H2,23,24,25). The van der Waals surface area contributed by atoms with Gasteiger partial charge in [0.2, 0.25) is 0 Å². The highest BCUT2D eigenvalue weighted by Crippen LogP contribution is 2.24. The van der Waals surface area contributed by atoms with Crippen molar-refractivity contribution in [3.05, 3.63) is 71.3 Å². The van der Waals surface area contributed by atoms with Crippen LogP contribution in [0.2, 0.25) is 0 Å². The van der Waals surface area contributed by atoms with Crippen LogP contribution in [0.15, 0.2) is 53.5 Å². The Hall–Kier alpha value is -3.55. The van der Waals surface area contributed by atoms with Crippen molar-refractivity contribution in [3.63, 3.8) is 0 Å². The van der Waals surface area contributed by atoms with E-state index in [0.717, 1.165) is 34.3 Å². The molecule has 8 nitrogen and oxygen atoms in total. The van der Waals surface area contributed by atoms with Gasteiger partial charge in [-0.05, 0) is 24.6 Å². The SMILES string of the molecule is COc1ccc(CNC(=NCc2ccccc2)NCc2nnc(C)n2C)c(OC)c1. The van der Waals surface area contributed by atoms with Crippen molar-refractivity contribution in [3.8, 4) is 11.5 Å². The molecule has 0 radical (unpaired) electrons. The Morgan fingerprint density at radius 3 is 2.43 bits per heavy atom. The lowest BCUT2D eigenvalue weighted by Gasteiger charge is -2.15. The van der Waals surface area contributed by atoms with Crippen LogP contribution in [-0.4, -0.2) is 34.9 Å². The van der Waals surface area contributed by atoms with Gasteiger partial charge in [0.05, 0.1) is 27.3 Å². The normalized spacial score (nSPS) is 11.3. The third kappa shape index (κ3) is 5.50. The molecule has 2 aromatic carbocycles. The third-order valence-corrected chi connectivity index (χ3v) is 4.80. The summed E-state index contributed by atoms with van der Waals surface area (Å²) in [4.78, 5) is 4.72. The van der Waals surface area contributed by atoms with Gasteiger partial charge in [-0.2, -0.15) is 0 Å². The largest absolute Gasteiger partial charge is 0.497 e. The molecule has 8 heteroatoms. The van der Waals surface area contributed by atoms with Crippen LogP contribution >= 0.6 is 0 Å². The van der Waals surface area contributed by atoms with E-state index in [2.05, 4.69) is 33.0 Å². The van der Waals surface area contributed by atoms with Gasteiger partial charge in [0.1, 0.15) is 17.3 Å². The first-order chi connectivity index (χ1) is 14.6. The molecular weight excluding hydrogens is 380 g/mol. The molecule has 3 aromatic rings. The fraction of sp³-hybridized carbons (Fsp3) is 0.318. The van der Waals surface area contributed by atoms with Crippen LogP contribution in [-0.2, 0) is 26.7 Å². The minimum absolute atomic E-state index is 0.512. The molecule has 30 heavy (non-hydrogen) atoms. The molecular formula is C22H28N6O2. The molecule has 3 rings (SSSR count). The molecule has 0 amide bonds. The highest BCUT2D eigenvalue weighted by atomic mass is 16.5. The average molecular weight is 409 g/mol. The topological polar surface area (TPSA) is 85.6 Å². The zero-order chi connectivity index (χ0) is 21.3. The number of rotatable bonds is 8. The summed E-state index contributed by atoms with van der Waals surface area (Å²) in [5.41, 5.74) is 2.14. The Morgan fingerprint density at radius 1 is 1.00 bits per heavy atom. The van der Waals surface area contributed by atoms with Gasteiger partial charge in [-0.3, -0.25) is 0 Å². The maximum absolute atomic E-state index is 5.50. The molecule has 2 N–H and O–H groups in total. The lowest BCUT2D eigenvalue weighted by Crippen LogP contribution is -2.37. The minimum atomic E-state index is 0.512. The Bertz CT molecular complexity index is 985. The number of aromatic nitrogens is 3. The number of aryl methyl sites for hydroxylation is 1. The van der Waals surface area contributed by atoms with Crippen molar-refractivity contribution in [1.82, 2.24) is 25.4 Å². The predicted molar refractivity (Wildman–Crippen MR) is 117 cm³/mol. The zero-order valence-electron chi connectivity index (χ0n) is 17.8. The second kappa shape index (κ2) is 10.3. The molecule has 0 aliphatic heterocycles. The van der Waals surface area contributed by atoms with Crippen molar-refractivity contribution < 1.29 is 9.47 Å². The van der Waals surface area contributed by atoms with E-state index >= 15 is 0 Å². The van der Waals surface area contributed by atoms with E-state index in [1.165, 1.54) is 0 Å². The van der Waals surface area contributed by atoms with Crippen LogP contribution in [0.25, 0.3) is 0 Å². The summed E-state index contributed by atoms with van der Waals surface area (Å²) in [7, 11) is 5.24. The first-order valence-electron chi connectivity index (χ1n) is 9.72. The van der Waals surface area contributed by atoms with Crippen molar-refractivity contribution in [2.24, 2.45) is 12.0 Å². The summed E-state index contributed by atoms with van der Waals surface area (Å²) in [6.07, 6.45) is 0. The molecule has 0 aliphatic rings. The number of methoxy groups -OCH3 is 2. The van der Waals surface area contributed by atoms with Gasteiger partial charge in [-0.1, -0.05) is 30.3 Å². The van der Waals surface area contributed by atoms with Gasteiger partial charge >= 0.3 is 0 Å². The summed E-state index contributed by atoms with van der Waals surface area (Å²) in [6.45, 7) is 3.55. The summed E-state index contributed by atoms with van der Waals surface area (Å²) in [5.74, 6) is 3.89. The van der Waals surface area contributed by atoms with Crippen molar-refractivity contribution in [2.45, 2.75) is 26.6 Å². The van der Waals surface area contributed by atoms with Gasteiger partial charge in [-0.25, -0.2) is 4.99 Å². The maximum atomic E-state index is 5.50. The summed E-state index contributed by atoms with van der Waals surface area (Å²) < 4.78 is 12.7. The number of ether oxygens (including phenoxy) is 2. The number of hydrogen-bond donors (Lipinski definition) is 2. The molecule has 158 valence electrons. The van der Waals surface area contributed by atoms with Gasteiger partial charge in [0, 0.05) is 25.2 Å². The molecule has 0 spiro atoms. The third-order valence-electron chi connectivity index (χ3n) is 4.80. The van der Waals surface area contributed by atoms with E-state index in [-0.39, 0.29) is 0 Å². The van der Waals surface area contributed by atoms with Crippen LogP contribution in [0.4, 0.5) is 0 Å². The van der Waals surface area contributed by atoms with Gasteiger partial charge in [-0.15, -0.1) is 10.2 Å². The van der Waals surface area contributed by atoms with E-state index in [1.54, 1.807) is 14.2 Å². The van der Waals surface area contributed by atoms with Crippen LogP contribution in [0.1, 0.15) is 22.8 Å². The lowest BCUT2D eigenvalue weighted by atomic mass is 10.2. The fourth-order valence-corrected chi connectivity index (χ4v) is 2.87. The summed E-state index contributed by atoms with van der Waals surface area (Å²) >= 11 is 0. The first kappa shape index (κ1) is 21.2. The molecule has 0 saturated heterocycles. The van der Waals surface area contributed by atoms with E-state index in [1.807, 2.05) is 54.9 Å². The van der Waals surface area contributed by atoms with Crippen molar-refractivity contribution in [2.75, 3.05) is 14.2 Å². The second-order valence-electron chi connectivity index (χ2n) is 6.76. The first-order valence-corrected chi connectivity index (χ1v) is 9.72. The number of guanidine groups is 1. The van der Waals surface area contributed by atoms with E-state index in [9.17, 15) is 0 Å². The minimum Gasteiger partial charge on any atom is -0.497 e. The maximum Gasteiger partial charge on any atom is 0.192 e.